The first-order valence-electron chi connectivity index (χ1n) is 5.82. The van der Waals surface area contributed by atoms with E-state index in [1.54, 1.807) is 0 Å². The molecule has 1 unspecified atom stereocenters. The molecule has 1 aliphatic heterocycles. The highest BCUT2D eigenvalue weighted by atomic mass is 35.5. The molecule has 1 atom stereocenters. The van der Waals surface area contributed by atoms with Crippen LogP contribution in [0.5, 0.6) is 0 Å². The minimum absolute atomic E-state index is 0.723. The molecule has 16 heavy (non-hydrogen) atoms. The first-order valence-corrected chi connectivity index (χ1v) is 6.35. The van der Waals surface area contributed by atoms with E-state index < -0.39 is 0 Å². The summed E-state index contributed by atoms with van der Waals surface area (Å²) >= 11 is 5.77. The van der Waals surface area contributed by atoms with Gasteiger partial charge in [0.2, 0.25) is 0 Å². The Hall–Kier alpha value is -0.830. The standard InChI is InChI=1S/C12H18ClN3/c1-9-10(2)15-12(7-14-9)16-6-4-11(8-16)3-5-13/h7,11H,3-6,8H2,1-2H3. The molecule has 2 heterocycles. The molecule has 88 valence electrons. The summed E-state index contributed by atoms with van der Waals surface area (Å²) in [6, 6.07) is 0. The monoisotopic (exact) mass is 239 g/mol. The van der Waals surface area contributed by atoms with Crippen LogP contribution in [0.15, 0.2) is 6.20 Å². The summed E-state index contributed by atoms with van der Waals surface area (Å²) in [4.78, 5) is 11.3. The highest BCUT2D eigenvalue weighted by molar-refractivity contribution is 6.17. The Morgan fingerprint density at radius 2 is 2.25 bits per heavy atom. The van der Waals surface area contributed by atoms with Crippen LogP contribution in [0.25, 0.3) is 0 Å². The minimum atomic E-state index is 0.723. The van der Waals surface area contributed by atoms with Crippen LogP contribution in [0.1, 0.15) is 24.2 Å². The second-order valence-corrected chi connectivity index (χ2v) is 4.86. The van der Waals surface area contributed by atoms with Crippen LogP contribution in [-0.4, -0.2) is 28.9 Å². The molecule has 0 spiro atoms. The number of aryl methyl sites for hydroxylation is 2. The van der Waals surface area contributed by atoms with Crippen molar-refractivity contribution in [1.29, 1.82) is 0 Å². The van der Waals surface area contributed by atoms with Crippen molar-refractivity contribution in [1.82, 2.24) is 9.97 Å². The van der Waals surface area contributed by atoms with E-state index in [1.807, 2.05) is 20.0 Å². The zero-order valence-corrected chi connectivity index (χ0v) is 10.7. The number of aromatic nitrogens is 2. The summed E-state index contributed by atoms with van der Waals surface area (Å²) < 4.78 is 0. The van der Waals surface area contributed by atoms with Crippen molar-refractivity contribution >= 4 is 17.4 Å². The summed E-state index contributed by atoms with van der Waals surface area (Å²) in [6.07, 6.45) is 4.21. The summed E-state index contributed by atoms with van der Waals surface area (Å²) in [5.74, 6) is 2.50. The highest BCUT2D eigenvalue weighted by Crippen LogP contribution is 2.24. The Morgan fingerprint density at radius 1 is 1.44 bits per heavy atom. The fourth-order valence-corrected chi connectivity index (χ4v) is 2.42. The molecule has 0 radical (unpaired) electrons. The topological polar surface area (TPSA) is 29.0 Å². The Kier molecular flexibility index (Phi) is 3.64. The zero-order chi connectivity index (χ0) is 11.5. The Labute approximate surface area is 102 Å². The van der Waals surface area contributed by atoms with Gasteiger partial charge in [0.15, 0.2) is 0 Å². The molecular weight excluding hydrogens is 222 g/mol. The second-order valence-electron chi connectivity index (χ2n) is 4.48. The fraction of sp³-hybridized carbons (Fsp3) is 0.667. The third-order valence-corrected chi connectivity index (χ3v) is 3.52. The molecule has 0 aliphatic carbocycles. The molecule has 1 aromatic heterocycles. The molecular formula is C12H18ClN3. The number of anilines is 1. The molecule has 3 nitrogen and oxygen atoms in total. The Balaban J connectivity index is 2.05. The van der Waals surface area contributed by atoms with Gasteiger partial charge in [-0.1, -0.05) is 0 Å². The number of hydrogen-bond donors (Lipinski definition) is 0. The maximum atomic E-state index is 5.77. The minimum Gasteiger partial charge on any atom is -0.355 e. The van der Waals surface area contributed by atoms with E-state index in [9.17, 15) is 0 Å². The van der Waals surface area contributed by atoms with E-state index in [2.05, 4.69) is 14.9 Å². The van der Waals surface area contributed by atoms with Crippen molar-refractivity contribution in [3.05, 3.63) is 17.6 Å². The smallest absolute Gasteiger partial charge is 0.147 e. The van der Waals surface area contributed by atoms with Gasteiger partial charge in [0.25, 0.3) is 0 Å². The molecule has 0 aromatic carbocycles. The van der Waals surface area contributed by atoms with Crippen molar-refractivity contribution < 1.29 is 0 Å². The third kappa shape index (κ3) is 2.46. The molecule has 1 aromatic rings. The molecule has 2 rings (SSSR count). The molecule has 1 aliphatic rings. The average molecular weight is 240 g/mol. The van der Waals surface area contributed by atoms with E-state index in [1.165, 1.54) is 6.42 Å². The van der Waals surface area contributed by atoms with Gasteiger partial charge in [0.05, 0.1) is 17.6 Å². The maximum Gasteiger partial charge on any atom is 0.147 e. The van der Waals surface area contributed by atoms with Gasteiger partial charge in [0, 0.05) is 19.0 Å². The molecule has 0 bridgehead atoms. The summed E-state index contributed by atoms with van der Waals surface area (Å²) in [5, 5.41) is 0. The SMILES string of the molecule is Cc1ncc(N2CCC(CCCl)C2)nc1C. The zero-order valence-electron chi connectivity index (χ0n) is 9.91. The maximum absolute atomic E-state index is 5.77. The van der Waals surface area contributed by atoms with Gasteiger partial charge in [0.1, 0.15) is 5.82 Å². The lowest BCUT2D eigenvalue weighted by Gasteiger charge is -2.17. The van der Waals surface area contributed by atoms with Crippen LogP contribution in [-0.2, 0) is 0 Å². The quantitative estimate of drug-likeness (QED) is 0.760. The molecule has 4 heteroatoms. The van der Waals surface area contributed by atoms with Gasteiger partial charge in [-0.2, -0.15) is 0 Å². The molecule has 0 saturated carbocycles. The molecule has 1 fully saturated rings. The number of rotatable bonds is 3. The van der Waals surface area contributed by atoms with E-state index >= 15 is 0 Å². The average Bonchev–Trinajstić information content (AvgIpc) is 2.71. The van der Waals surface area contributed by atoms with Crippen LogP contribution in [0, 0.1) is 19.8 Å². The summed E-state index contributed by atoms with van der Waals surface area (Å²) in [5.41, 5.74) is 2.04. The molecule has 0 amide bonds. The highest BCUT2D eigenvalue weighted by Gasteiger charge is 2.23. The lowest BCUT2D eigenvalue weighted by Crippen LogP contribution is -2.21. The Morgan fingerprint density at radius 3 is 2.94 bits per heavy atom. The number of hydrogen-bond acceptors (Lipinski definition) is 3. The van der Waals surface area contributed by atoms with Crippen molar-refractivity contribution in [3.63, 3.8) is 0 Å². The number of halogens is 1. The second kappa shape index (κ2) is 5.00. The summed E-state index contributed by atoms with van der Waals surface area (Å²) in [7, 11) is 0. The van der Waals surface area contributed by atoms with E-state index in [-0.39, 0.29) is 0 Å². The van der Waals surface area contributed by atoms with Crippen LogP contribution in [0.4, 0.5) is 5.82 Å². The fourth-order valence-electron chi connectivity index (χ4n) is 2.11. The van der Waals surface area contributed by atoms with Gasteiger partial charge >= 0.3 is 0 Å². The third-order valence-electron chi connectivity index (χ3n) is 3.31. The van der Waals surface area contributed by atoms with E-state index in [0.29, 0.717) is 0 Å². The van der Waals surface area contributed by atoms with Crippen molar-refractivity contribution in [3.8, 4) is 0 Å². The number of alkyl halides is 1. The van der Waals surface area contributed by atoms with Gasteiger partial charge < -0.3 is 4.90 Å². The van der Waals surface area contributed by atoms with Crippen molar-refractivity contribution in [2.75, 3.05) is 23.9 Å². The first-order chi connectivity index (χ1) is 7.70. The van der Waals surface area contributed by atoms with Crippen LogP contribution in [0.3, 0.4) is 0 Å². The van der Waals surface area contributed by atoms with E-state index in [0.717, 1.165) is 48.5 Å². The van der Waals surface area contributed by atoms with Crippen molar-refractivity contribution in [2.45, 2.75) is 26.7 Å². The summed E-state index contributed by atoms with van der Waals surface area (Å²) in [6.45, 7) is 6.16. The van der Waals surface area contributed by atoms with Crippen LogP contribution < -0.4 is 4.90 Å². The van der Waals surface area contributed by atoms with E-state index in [4.69, 9.17) is 11.6 Å². The van der Waals surface area contributed by atoms with Gasteiger partial charge in [-0.05, 0) is 32.6 Å². The van der Waals surface area contributed by atoms with Gasteiger partial charge in [-0.25, -0.2) is 4.98 Å². The molecule has 1 saturated heterocycles. The van der Waals surface area contributed by atoms with Crippen LogP contribution >= 0.6 is 11.6 Å². The molecule has 0 N–H and O–H groups in total. The van der Waals surface area contributed by atoms with Gasteiger partial charge in [-0.3, -0.25) is 4.98 Å². The largest absolute Gasteiger partial charge is 0.355 e. The van der Waals surface area contributed by atoms with Crippen molar-refractivity contribution in [2.24, 2.45) is 5.92 Å². The normalized spacial score (nSPS) is 20.4. The predicted molar refractivity (Wildman–Crippen MR) is 67.2 cm³/mol. The first kappa shape index (κ1) is 11.6. The lowest BCUT2D eigenvalue weighted by molar-refractivity contribution is 0.572. The number of nitrogens with zero attached hydrogens (tertiary/aromatic N) is 3. The lowest BCUT2D eigenvalue weighted by atomic mass is 10.1. The Bertz CT molecular complexity index is 367. The van der Waals surface area contributed by atoms with Gasteiger partial charge in [-0.15, -0.1) is 11.6 Å². The van der Waals surface area contributed by atoms with Crippen LogP contribution in [0.2, 0.25) is 0 Å². The predicted octanol–water partition coefficient (Wildman–Crippen LogP) is 2.55.